The van der Waals surface area contributed by atoms with E-state index in [0.717, 1.165) is 18.0 Å². The zero-order valence-electron chi connectivity index (χ0n) is 21.4. The van der Waals surface area contributed by atoms with Crippen molar-refractivity contribution < 1.29 is 29.6 Å². The van der Waals surface area contributed by atoms with Gasteiger partial charge in [0.1, 0.15) is 24.2 Å². The molecule has 3 aliphatic rings. The average Bonchev–Trinajstić information content (AvgIpc) is 3.19. The molecular weight excluding hydrogens is 465 g/mol. The number of nitrogens with one attached hydrogen (secondary N) is 1. The Bertz CT molecular complexity index is 1250. The Balaban J connectivity index is 1.31. The van der Waals surface area contributed by atoms with E-state index in [-0.39, 0.29) is 44.0 Å². The molecule has 3 atom stereocenters. The number of morpholine rings is 1. The van der Waals surface area contributed by atoms with Gasteiger partial charge in [0.15, 0.2) is 0 Å². The van der Waals surface area contributed by atoms with E-state index in [4.69, 9.17) is 10.8 Å². The van der Waals surface area contributed by atoms with Gasteiger partial charge in [0.05, 0.1) is 20.1 Å². The number of piperidine rings is 1. The maximum absolute atomic E-state index is 15.4. The van der Waals surface area contributed by atoms with Crippen molar-refractivity contribution in [3.8, 4) is 5.75 Å². The number of carbonyl (C=O) groups is 3. The van der Waals surface area contributed by atoms with Gasteiger partial charge in [0.2, 0.25) is 11.8 Å². The van der Waals surface area contributed by atoms with Crippen LogP contribution >= 0.6 is 0 Å². The number of fused-ring (bicyclic) bond motifs is 1. The van der Waals surface area contributed by atoms with Gasteiger partial charge < -0.3 is 14.4 Å². The maximum Gasteiger partial charge on any atom is 0.255 e. The molecule has 0 aliphatic carbocycles. The van der Waals surface area contributed by atoms with E-state index >= 15 is 4.39 Å². The highest BCUT2D eigenvalue weighted by Crippen LogP contribution is 2.34. The van der Waals surface area contributed by atoms with E-state index in [1.54, 1.807) is 36.4 Å². The standard InChI is InChI=1S/C27H30FN3O5/c1-16-11-30(12-17(2)36-16)13-18-5-3-6-19(25(18)28)15-35-23-8-4-7-20-21(23)14-31(27(20)34)22-9-10-24(32)29-26(22)33/h3-8,16-17,22H,9-15H2,1-2H3,(H,29,32,33)/i22D. The average molecular weight is 497 g/mol. The van der Waals surface area contributed by atoms with E-state index in [0.29, 0.717) is 34.5 Å². The highest BCUT2D eigenvalue weighted by molar-refractivity contribution is 6.05. The number of nitrogens with zero attached hydrogens (tertiary/aromatic N) is 2. The molecule has 2 aromatic carbocycles. The van der Waals surface area contributed by atoms with Crippen molar-refractivity contribution in [1.82, 2.24) is 15.1 Å². The maximum atomic E-state index is 15.4. The summed E-state index contributed by atoms with van der Waals surface area (Å²) in [7, 11) is 0. The summed E-state index contributed by atoms with van der Waals surface area (Å²) in [6.07, 6.45) is 0.0794. The Labute approximate surface area is 210 Å². The van der Waals surface area contributed by atoms with Crippen molar-refractivity contribution in [2.24, 2.45) is 0 Å². The van der Waals surface area contributed by atoms with Crippen molar-refractivity contribution in [3.63, 3.8) is 0 Å². The number of hydrogen-bond acceptors (Lipinski definition) is 6. The van der Waals surface area contributed by atoms with Crippen LogP contribution in [-0.4, -0.2) is 58.8 Å². The van der Waals surface area contributed by atoms with Crippen molar-refractivity contribution >= 4 is 17.7 Å². The Morgan fingerprint density at radius 2 is 1.83 bits per heavy atom. The Morgan fingerprint density at radius 3 is 2.58 bits per heavy atom. The summed E-state index contributed by atoms with van der Waals surface area (Å²) in [4.78, 5) is 40.5. The summed E-state index contributed by atoms with van der Waals surface area (Å²) in [5.41, 5.74) is 1.85. The molecule has 0 radical (unpaired) electrons. The number of rotatable bonds is 6. The summed E-state index contributed by atoms with van der Waals surface area (Å²) in [6, 6.07) is 8.33. The van der Waals surface area contributed by atoms with Gasteiger partial charge in [-0.2, -0.15) is 0 Å². The lowest BCUT2D eigenvalue weighted by Gasteiger charge is -2.35. The zero-order valence-corrected chi connectivity index (χ0v) is 20.4. The first kappa shape index (κ1) is 23.1. The minimum atomic E-state index is -1.88. The van der Waals surface area contributed by atoms with Crippen LogP contribution in [0, 0.1) is 5.82 Å². The molecule has 8 nitrogen and oxygen atoms in total. The minimum absolute atomic E-state index is 0.00856. The molecule has 5 rings (SSSR count). The van der Waals surface area contributed by atoms with Crippen LogP contribution in [-0.2, 0) is 34.0 Å². The third-order valence-electron chi connectivity index (χ3n) is 6.79. The Kier molecular flexibility index (Phi) is 6.41. The second kappa shape index (κ2) is 9.99. The molecule has 3 amide bonds. The molecular formula is C27H30FN3O5. The van der Waals surface area contributed by atoms with Gasteiger partial charge in [-0.1, -0.05) is 24.3 Å². The second-order valence-electron chi connectivity index (χ2n) is 9.63. The predicted molar refractivity (Wildman–Crippen MR) is 129 cm³/mol. The molecule has 0 spiro atoms. The molecule has 190 valence electrons. The van der Waals surface area contributed by atoms with Crippen molar-refractivity contribution in [2.45, 2.75) is 64.6 Å². The number of ether oxygens (including phenoxy) is 2. The summed E-state index contributed by atoms with van der Waals surface area (Å²) < 4.78 is 35.8. The van der Waals surface area contributed by atoms with Gasteiger partial charge in [-0.15, -0.1) is 0 Å². The summed E-state index contributed by atoms with van der Waals surface area (Å²) >= 11 is 0. The Morgan fingerprint density at radius 1 is 1.11 bits per heavy atom. The normalized spacial score (nSPS) is 27.0. The number of hydrogen-bond donors (Lipinski definition) is 1. The number of benzene rings is 2. The predicted octanol–water partition coefficient (Wildman–Crippen LogP) is 2.77. The van der Waals surface area contributed by atoms with Crippen molar-refractivity contribution in [3.05, 3.63) is 64.5 Å². The fraction of sp³-hybridized carbons (Fsp3) is 0.444. The summed E-state index contributed by atoms with van der Waals surface area (Å²) in [6.45, 7) is 5.90. The van der Waals surface area contributed by atoms with Crippen LogP contribution in [0.2, 0.25) is 0 Å². The summed E-state index contributed by atoms with van der Waals surface area (Å²) in [5.74, 6) is -1.67. The van der Waals surface area contributed by atoms with Gasteiger partial charge in [0.25, 0.3) is 5.91 Å². The number of amides is 3. The molecule has 1 N–H and O–H groups in total. The van der Waals surface area contributed by atoms with Crippen LogP contribution in [0.3, 0.4) is 0 Å². The van der Waals surface area contributed by atoms with Crippen molar-refractivity contribution in [1.29, 1.82) is 0 Å². The lowest BCUT2D eigenvalue weighted by atomic mass is 10.0. The smallest absolute Gasteiger partial charge is 0.255 e. The summed E-state index contributed by atoms with van der Waals surface area (Å²) in [5, 5.41) is 2.16. The van der Waals surface area contributed by atoms with Crippen LogP contribution in [0.25, 0.3) is 0 Å². The first-order valence-electron chi connectivity index (χ1n) is 12.7. The monoisotopic (exact) mass is 496 g/mol. The molecule has 0 aromatic heterocycles. The molecule has 2 saturated heterocycles. The molecule has 9 heteroatoms. The third kappa shape index (κ3) is 4.85. The van der Waals surface area contributed by atoms with Gasteiger partial charge >= 0.3 is 0 Å². The second-order valence-corrected chi connectivity index (χ2v) is 9.63. The van der Waals surface area contributed by atoms with E-state index in [2.05, 4.69) is 10.2 Å². The SMILES string of the molecule is [2H]C1(N2Cc3c(OCc4cccc(CN5CC(C)OC(C)C5)c4F)cccc3C2=O)CCC(=O)NC1=O. The van der Waals surface area contributed by atoms with E-state index < -0.39 is 23.7 Å². The lowest BCUT2D eigenvalue weighted by molar-refractivity contribution is -0.136. The first-order chi connectivity index (χ1) is 17.7. The Hall–Kier alpha value is -3.30. The van der Waals surface area contributed by atoms with E-state index in [9.17, 15) is 14.4 Å². The molecule has 3 heterocycles. The van der Waals surface area contributed by atoms with Crippen LogP contribution < -0.4 is 10.1 Å². The zero-order chi connectivity index (χ0) is 26.3. The quantitative estimate of drug-likeness (QED) is 0.619. The lowest BCUT2D eigenvalue weighted by Crippen LogP contribution is -2.52. The van der Waals surface area contributed by atoms with Crippen LogP contribution in [0.5, 0.6) is 5.75 Å². The fourth-order valence-electron chi connectivity index (χ4n) is 5.20. The van der Waals surface area contributed by atoms with Gasteiger partial charge in [-0.05, 0) is 32.4 Å². The third-order valence-corrected chi connectivity index (χ3v) is 6.79. The molecule has 2 fully saturated rings. The van der Waals surface area contributed by atoms with Gasteiger partial charge in [-0.3, -0.25) is 24.6 Å². The van der Waals surface area contributed by atoms with Crippen LogP contribution in [0.1, 0.15) is 55.1 Å². The van der Waals surface area contributed by atoms with E-state index in [1.807, 2.05) is 13.8 Å². The van der Waals surface area contributed by atoms with Crippen LogP contribution in [0.15, 0.2) is 36.4 Å². The van der Waals surface area contributed by atoms with Gasteiger partial charge in [-0.25, -0.2) is 4.39 Å². The minimum Gasteiger partial charge on any atom is -0.488 e. The fourth-order valence-corrected chi connectivity index (χ4v) is 5.20. The number of carbonyl (C=O) groups excluding carboxylic acids is 3. The molecule has 0 bridgehead atoms. The molecule has 2 aromatic rings. The molecule has 36 heavy (non-hydrogen) atoms. The molecule has 0 saturated carbocycles. The van der Waals surface area contributed by atoms with Crippen LogP contribution in [0.4, 0.5) is 4.39 Å². The highest BCUT2D eigenvalue weighted by Gasteiger charge is 2.40. The largest absolute Gasteiger partial charge is 0.488 e. The topological polar surface area (TPSA) is 88.2 Å². The molecule has 3 aliphatic heterocycles. The van der Waals surface area contributed by atoms with Crippen molar-refractivity contribution in [2.75, 3.05) is 13.1 Å². The van der Waals surface area contributed by atoms with E-state index in [1.165, 1.54) is 0 Å². The number of imide groups is 1. The highest BCUT2D eigenvalue weighted by atomic mass is 19.1. The first-order valence-corrected chi connectivity index (χ1v) is 12.2. The number of halogens is 1. The van der Waals surface area contributed by atoms with Gasteiger partial charge in [0, 0.05) is 48.3 Å². The molecule has 3 unspecified atom stereocenters.